The summed E-state index contributed by atoms with van der Waals surface area (Å²) in [6.07, 6.45) is 1.36. The first kappa shape index (κ1) is 19.3. The Morgan fingerprint density at radius 2 is 1.96 bits per heavy atom. The number of amides is 1. The molecule has 0 saturated carbocycles. The minimum Gasteiger partial charge on any atom is -0.496 e. The third-order valence-electron chi connectivity index (χ3n) is 3.18. The van der Waals surface area contributed by atoms with Gasteiger partial charge in [0.25, 0.3) is 5.91 Å². The van der Waals surface area contributed by atoms with Gasteiger partial charge >= 0.3 is 5.97 Å². The Bertz CT molecular complexity index is 827. The van der Waals surface area contributed by atoms with Crippen LogP contribution in [0, 0.1) is 6.92 Å². The number of anilines is 1. The van der Waals surface area contributed by atoms with Gasteiger partial charge in [-0.05, 0) is 30.7 Å². The van der Waals surface area contributed by atoms with E-state index >= 15 is 0 Å². The van der Waals surface area contributed by atoms with E-state index in [2.05, 4.69) is 10.3 Å². The number of hydrogen-bond acceptors (Lipinski definition) is 5. The molecule has 1 amide bonds. The van der Waals surface area contributed by atoms with Crippen molar-refractivity contribution in [3.63, 3.8) is 0 Å². The second-order valence-electron chi connectivity index (χ2n) is 4.86. The van der Waals surface area contributed by atoms with Crippen LogP contribution in [0.5, 0.6) is 5.75 Å². The smallest absolute Gasteiger partial charge is 0.342 e. The van der Waals surface area contributed by atoms with Crippen LogP contribution in [0.1, 0.15) is 15.9 Å². The Kier molecular flexibility index (Phi) is 6.47. The lowest BCUT2D eigenvalue weighted by Gasteiger charge is -2.11. The SMILES string of the molecule is COc1ccc(Cl)cc1C(=O)OCC(=O)Nc1ncc(Cl)c(C)c1Cl. The molecule has 0 bridgehead atoms. The summed E-state index contributed by atoms with van der Waals surface area (Å²) in [5.41, 5.74) is 0.690. The zero-order valence-electron chi connectivity index (χ0n) is 13.2. The van der Waals surface area contributed by atoms with Gasteiger partial charge in [0.1, 0.15) is 11.3 Å². The lowest BCUT2D eigenvalue weighted by molar-refractivity contribution is -0.119. The molecule has 0 aliphatic carbocycles. The topological polar surface area (TPSA) is 77.5 Å². The van der Waals surface area contributed by atoms with Crippen molar-refractivity contribution >= 4 is 52.5 Å². The predicted molar refractivity (Wildman–Crippen MR) is 95.9 cm³/mol. The lowest BCUT2D eigenvalue weighted by Crippen LogP contribution is -2.22. The molecule has 0 atom stereocenters. The Balaban J connectivity index is 2.02. The first-order valence-electron chi connectivity index (χ1n) is 6.94. The Hall–Kier alpha value is -2.02. The fraction of sp³-hybridized carbons (Fsp3) is 0.188. The highest BCUT2D eigenvalue weighted by atomic mass is 35.5. The molecule has 1 N–H and O–H groups in total. The molecule has 1 heterocycles. The van der Waals surface area contributed by atoms with E-state index in [1.165, 1.54) is 25.4 Å². The normalized spacial score (nSPS) is 10.3. The molecule has 0 aliphatic heterocycles. The fourth-order valence-corrected chi connectivity index (χ4v) is 2.42. The number of nitrogens with zero attached hydrogens (tertiary/aromatic N) is 1. The predicted octanol–water partition coefficient (Wildman–Crippen LogP) is 4.15. The summed E-state index contributed by atoms with van der Waals surface area (Å²) in [6, 6.07) is 4.49. The van der Waals surface area contributed by atoms with Crippen molar-refractivity contribution in [2.45, 2.75) is 6.92 Å². The van der Waals surface area contributed by atoms with Crippen LogP contribution < -0.4 is 10.1 Å². The van der Waals surface area contributed by atoms with Crippen molar-refractivity contribution in [1.82, 2.24) is 4.98 Å². The number of pyridine rings is 1. The Morgan fingerprint density at radius 1 is 1.24 bits per heavy atom. The molecule has 9 heteroatoms. The van der Waals surface area contributed by atoms with Crippen LogP contribution in [0.4, 0.5) is 5.82 Å². The molecule has 0 unspecified atom stereocenters. The number of aromatic nitrogens is 1. The minimum absolute atomic E-state index is 0.112. The molecule has 1 aromatic carbocycles. The maximum absolute atomic E-state index is 12.1. The van der Waals surface area contributed by atoms with Gasteiger partial charge in [-0.15, -0.1) is 0 Å². The van der Waals surface area contributed by atoms with E-state index in [1.54, 1.807) is 13.0 Å². The zero-order valence-corrected chi connectivity index (χ0v) is 15.5. The second kappa shape index (κ2) is 8.38. The quantitative estimate of drug-likeness (QED) is 0.759. The summed E-state index contributed by atoms with van der Waals surface area (Å²) in [6.45, 7) is 1.15. The van der Waals surface area contributed by atoms with Crippen LogP contribution >= 0.6 is 34.8 Å². The molecule has 1 aromatic heterocycles. The van der Waals surface area contributed by atoms with E-state index in [0.29, 0.717) is 15.6 Å². The standard InChI is InChI=1S/C16H13Cl3N2O4/c1-8-11(18)6-20-15(14(8)19)21-13(22)7-25-16(23)10-5-9(17)3-4-12(10)24-2/h3-6H,7H2,1-2H3,(H,20,21,22). The van der Waals surface area contributed by atoms with Crippen LogP contribution in [-0.2, 0) is 9.53 Å². The number of rotatable bonds is 5. The number of ether oxygens (including phenoxy) is 2. The summed E-state index contributed by atoms with van der Waals surface area (Å²) in [7, 11) is 1.41. The number of benzene rings is 1. The fourth-order valence-electron chi connectivity index (χ4n) is 1.86. The molecule has 0 aliphatic rings. The van der Waals surface area contributed by atoms with Gasteiger partial charge in [0.15, 0.2) is 12.4 Å². The van der Waals surface area contributed by atoms with Gasteiger partial charge in [0.05, 0.1) is 17.2 Å². The molecular weight excluding hydrogens is 391 g/mol. The number of carbonyl (C=O) groups is 2. The molecule has 0 radical (unpaired) electrons. The molecule has 132 valence electrons. The number of nitrogens with one attached hydrogen (secondary N) is 1. The van der Waals surface area contributed by atoms with Gasteiger partial charge in [-0.2, -0.15) is 0 Å². The Labute approximate surface area is 159 Å². The van der Waals surface area contributed by atoms with Crippen LogP contribution in [-0.4, -0.2) is 30.6 Å². The van der Waals surface area contributed by atoms with Gasteiger partial charge in [-0.3, -0.25) is 4.79 Å². The van der Waals surface area contributed by atoms with Gasteiger partial charge < -0.3 is 14.8 Å². The molecule has 2 aromatic rings. The van der Waals surface area contributed by atoms with Crippen LogP contribution in [0.15, 0.2) is 24.4 Å². The summed E-state index contributed by atoms with van der Waals surface area (Å²) in [5, 5.41) is 3.38. The molecule has 0 spiro atoms. The van der Waals surface area contributed by atoms with E-state index in [1.807, 2.05) is 0 Å². The van der Waals surface area contributed by atoms with Crippen molar-refractivity contribution in [2.24, 2.45) is 0 Å². The summed E-state index contributed by atoms with van der Waals surface area (Å²) in [4.78, 5) is 28.0. The largest absolute Gasteiger partial charge is 0.496 e. The molecule has 0 fully saturated rings. The van der Waals surface area contributed by atoms with Crippen molar-refractivity contribution in [3.8, 4) is 5.75 Å². The number of esters is 1. The number of carbonyl (C=O) groups excluding carboxylic acids is 2. The molecule has 2 rings (SSSR count). The lowest BCUT2D eigenvalue weighted by atomic mass is 10.2. The van der Waals surface area contributed by atoms with Crippen LogP contribution in [0.3, 0.4) is 0 Å². The minimum atomic E-state index is -0.749. The highest BCUT2D eigenvalue weighted by Crippen LogP contribution is 2.28. The van der Waals surface area contributed by atoms with E-state index in [9.17, 15) is 9.59 Å². The second-order valence-corrected chi connectivity index (χ2v) is 6.08. The summed E-state index contributed by atoms with van der Waals surface area (Å²) in [5.74, 6) is -0.941. The molecule has 6 nitrogen and oxygen atoms in total. The first-order valence-corrected chi connectivity index (χ1v) is 8.08. The first-order chi connectivity index (χ1) is 11.8. The van der Waals surface area contributed by atoms with Crippen molar-refractivity contribution < 1.29 is 19.1 Å². The Morgan fingerprint density at radius 3 is 2.64 bits per heavy atom. The number of methoxy groups -OCH3 is 1. The van der Waals surface area contributed by atoms with E-state index in [0.717, 1.165) is 0 Å². The van der Waals surface area contributed by atoms with Gasteiger partial charge in [0.2, 0.25) is 0 Å². The average molecular weight is 404 g/mol. The summed E-state index contributed by atoms with van der Waals surface area (Å²) >= 11 is 17.8. The van der Waals surface area contributed by atoms with Crippen molar-refractivity contribution in [1.29, 1.82) is 0 Å². The average Bonchev–Trinajstić information content (AvgIpc) is 2.60. The van der Waals surface area contributed by atoms with Gasteiger partial charge in [0, 0.05) is 11.2 Å². The van der Waals surface area contributed by atoms with Crippen molar-refractivity contribution in [3.05, 3.63) is 50.6 Å². The zero-order chi connectivity index (χ0) is 18.6. The van der Waals surface area contributed by atoms with Crippen molar-refractivity contribution in [2.75, 3.05) is 19.0 Å². The van der Waals surface area contributed by atoms with E-state index in [-0.39, 0.29) is 22.2 Å². The molecular formula is C16H13Cl3N2O4. The van der Waals surface area contributed by atoms with Crippen LogP contribution in [0.25, 0.3) is 0 Å². The monoisotopic (exact) mass is 402 g/mol. The number of halogens is 3. The third kappa shape index (κ3) is 4.75. The highest BCUT2D eigenvalue weighted by Gasteiger charge is 2.17. The third-order valence-corrected chi connectivity index (χ3v) is 4.25. The van der Waals surface area contributed by atoms with E-state index < -0.39 is 18.5 Å². The highest BCUT2D eigenvalue weighted by molar-refractivity contribution is 6.37. The van der Waals surface area contributed by atoms with Crippen LogP contribution in [0.2, 0.25) is 15.1 Å². The van der Waals surface area contributed by atoms with Gasteiger partial charge in [-0.25, -0.2) is 9.78 Å². The summed E-state index contributed by atoms with van der Waals surface area (Å²) < 4.78 is 10.0. The molecule has 0 saturated heterocycles. The number of hydrogen-bond donors (Lipinski definition) is 1. The molecule has 25 heavy (non-hydrogen) atoms. The van der Waals surface area contributed by atoms with E-state index in [4.69, 9.17) is 44.3 Å². The maximum atomic E-state index is 12.1. The maximum Gasteiger partial charge on any atom is 0.342 e. The van der Waals surface area contributed by atoms with Gasteiger partial charge in [-0.1, -0.05) is 34.8 Å².